The summed E-state index contributed by atoms with van der Waals surface area (Å²) in [6, 6.07) is -0.0981. The van der Waals surface area contributed by atoms with Crippen molar-refractivity contribution in [3.63, 3.8) is 0 Å². The number of alkyl halides is 2. The van der Waals surface area contributed by atoms with Gasteiger partial charge in [0, 0.05) is 12.3 Å². The molecule has 11 heavy (non-hydrogen) atoms. The minimum absolute atomic E-state index is 0.0981. The standard InChI is InChI=1S/C6H8F2N2O/c7-4(8)6-1-3(6)2-10-5(9)11-6/h3-4H,1-2H2,(H2,9,10). The van der Waals surface area contributed by atoms with Gasteiger partial charge < -0.3 is 10.5 Å². The lowest BCUT2D eigenvalue weighted by Gasteiger charge is -2.20. The number of nitrogens with zero attached hydrogens (tertiary/aromatic N) is 1. The predicted octanol–water partition coefficient (Wildman–Crippen LogP) is 0.355. The van der Waals surface area contributed by atoms with Gasteiger partial charge in [-0.3, -0.25) is 0 Å². The Bertz CT molecular complexity index is 219. The van der Waals surface area contributed by atoms with E-state index in [0.29, 0.717) is 13.0 Å². The zero-order valence-corrected chi connectivity index (χ0v) is 5.76. The van der Waals surface area contributed by atoms with Gasteiger partial charge in [0.2, 0.25) is 0 Å². The number of rotatable bonds is 1. The first kappa shape index (κ1) is 6.82. The second-order valence-electron chi connectivity index (χ2n) is 2.94. The molecule has 0 bridgehead atoms. The number of aliphatic imine (C=N–C) groups is 1. The first-order chi connectivity index (χ1) is 5.15. The van der Waals surface area contributed by atoms with Crippen LogP contribution in [0.3, 0.4) is 0 Å². The van der Waals surface area contributed by atoms with Gasteiger partial charge in [0.05, 0.1) is 6.54 Å². The van der Waals surface area contributed by atoms with Gasteiger partial charge in [-0.05, 0) is 0 Å². The SMILES string of the molecule is NC1=NCC2CC2(C(F)F)O1. The molecule has 0 spiro atoms. The fourth-order valence-electron chi connectivity index (χ4n) is 1.41. The average Bonchev–Trinajstić information content (AvgIpc) is 2.62. The zero-order valence-electron chi connectivity index (χ0n) is 5.76. The molecule has 0 amide bonds. The van der Waals surface area contributed by atoms with Gasteiger partial charge in [0.15, 0.2) is 5.60 Å². The Morgan fingerprint density at radius 3 is 3.00 bits per heavy atom. The molecule has 2 atom stereocenters. The molecule has 1 aliphatic carbocycles. The second-order valence-corrected chi connectivity index (χ2v) is 2.94. The van der Waals surface area contributed by atoms with E-state index in [0.717, 1.165) is 0 Å². The highest BCUT2D eigenvalue weighted by Gasteiger charge is 2.65. The first-order valence-electron chi connectivity index (χ1n) is 3.42. The van der Waals surface area contributed by atoms with Crippen molar-refractivity contribution in [3.05, 3.63) is 0 Å². The number of nitrogens with two attached hydrogens (primary N) is 1. The number of amidine groups is 1. The van der Waals surface area contributed by atoms with Crippen LogP contribution in [0.2, 0.25) is 0 Å². The Morgan fingerprint density at radius 1 is 1.73 bits per heavy atom. The van der Waals surface area contributed by atoms with Crippen molar-refractivity contribution in [1.29, 1.82) is 0 Å². The summed E-state index contributed by atoms with van der Waals surface area (Å²) < 4.78 is 29.4. The van der Waals surface area contributed by atoms with Gasteiger partial charge in [-0.25, -0.2) is 13.8 Å². The molecule has 1 heterocycles. The minimum Gasteiger partial charge on any atom is -0.452 e. The number of halogens is 2. The van der Waals surface area contributed by atoms with Gasteiger partial charge in [-0.2, -0.15) is 0 Å². The summed E-state index contributed by atoms with van der Waals surface area (Å²) in [5, 5.41) is 0. The van der Waals surface area contributed by atoms with Crippen molar-refractivity contribution >= 4 is 6.02 Å². The molecule has 2 N–H and O–H groups in total. The van der Waals surface area contributed by atoms with Crippen molar-refractivity contribution in [1.82, 2.24) is 0 Å². The lowest BCUT2D eigenvalue weighted by Crippen LogP contribution is -2.37. The second kappa shape index (κ2) is 1.84. The Balaban J connectivity index is 2.15. The van der Waals surface area contributed by atoms with E-state index in [1.54, 1.807) is 0 Å². The van der Waals surface area contributed by atoms with Crippen LogP contribution in [0.4, 0.5) is 8.78 Å². The number of hydrogen-bond acceptors (Lipinski definition) is 3. The summed E-state index contributed by atoms with van der Waals surface area (Å²) in [6.45, 7) is 0.385. The Labute approximate surface area is 62.2 Å². The third-order valence-electron chi connectivity index (χ3n) is 2.23. The van der Waals surface area contributed by atoms with Crippen molar-refractivity contribution in [2.24, 2.45) is 16.6 Å². The van der Waals surface area contributed by atoms with Crippen LogP contribution in [0.25, 0.3) is 0 Å². The van der Waals surface area contributed by atoms with Crippen LogP contribution in [-0.2, 0) is 4.74 Å². The monoisotopic (exact) mass is 162 g/mol. The van der Waals surface area contributed by atoms with Gasteiger partial charge in [-0.15, -0.1) is 0 Å². The van der Waals surface area contributed by atoms with Crippen LogP contribution in [-0.4, -0.2) is 24.6 Å². The summed E-state index contributed by atoms with van der Waals surface area (Å²) in [5.74, 6) is -0.116. The molecule has 5 heteroatoms. The van der Waals surface area contributed by atoms with Gasteiger partial charge >= 0.3 is 0 Å². The van der Waals surface area contributed by atoms with E-state index >= 15 is 0 Å². The van der Waals surface area contributed by atoms with Crippen molar-refractivity contribution in [3.8, 4) is 0 Å². The van der Waals surface area contributed by atoms with Crippen LogP contribution in [0, 0.1) is 5.92 Å². The molecule has 0 aromatic rings. The largest absolute Gasteiger partial charge is 0.452 e. The molecule has 1 aliphatic heterocycles. The molecule has 3 nitrogen and oxygen atoms in total. The van der Waals surface area contributed by atoms with E-state index in [9.17, 15) is 8.78 Å². The van der Waals surface area contributed by atoms with E-state index in [1.807, 2.05) is 0 Å². The van der Waals surface area contributed by atoms with Crippen LogP contribution in [0.1, 0.15) is 6.42 Å². The van der Waals surface area contributed by atoms with Crippen LogP contribution in [0.15, 0.2) is 4.99 Å². The Kier molecular flexibility index (Phi) is 1.14. The van der Waals surface area contributed by atoms with Crippen molar-refractivity contribution in [2.75, 3.05) is 6.54 Å². The number of hydrogen-bond donors (Lipinski definition) is 1. The van der Waals surface area contributed by atoms with E-state index in [1.165, 1.54) is 0 Å². The fraction of sp³-hybridized carbons (Fsp3) is 0.833. The van der Waals surface area contributed by atoms with Gasteiger partial charge in [0.25, 0.3) is 12.4 Å². The van der Waals surface area contributed by atoms with Crippen LogP contribution >= 0.6 is 0 Å². The maximum atomic E-state index is 12.3. The zero-order chi connectivity index (χ0) is 8.06. The molecule has 2 aliphatic rings. The van der Waals surface area contributed by atoms with Crippen molar-refractivity contribution in [2.45, 2.75) is 18.4 Å². The quantitative estimate of drug-likeness (QED) is 0.605. The van der Waals surface area contributed by atoms with E-state index in [2.05, 4.69) is 4.99 Å². The minimum atomic E-state index is -2.44. The molecule has 2 rings (SSSR count). The third-order valence-corrected chi connectivity index (χ3v) is 2.23. The third kappa shape index (κ3) is 0.797. The maximum Gasteiger partial charge on any atom is 0.282 e. The normalized spacial score (nSPS) is 41.0. The molecule has 0 aromatic heterocycles. The molecular formula is C6H8F2N2O. The summed E-state index contributed by atoms with van der Waals surface area (Å²) in [6.07, 6.45) is -2.06. The smallest absolute Gasteiger partial charge is 0.282 e. The molecule has 0 radical (unpaired) electrons. The molecule has 0 aromatic carbocycles. The fourth-order valence-corrected chi connectivity index (χ4v) is 1.41. The van der Waals surface area contributed by atoms with Crippen LogP contribution in [0.5, 0.6) is 0 Å². The molecule has 62 valence electrons. The van der Waals surface area contributed by atoms with Gasteiger partial charge in [-0.1, -0.05) is 0 Å². The maximum absolute atomic E-state index is 12.3. The lowest BCUT2D eigenvalue weighted by molar-refractivity contribution is -0.0302. The van der Waals surface area contributed by atoms with E-state index < -0.39 is 12.0 Å². The Morgan fingerprint density at radius 2 is 2.45 bits per heavy atom. The van der Waals surface area contributed by atoms with Crippen LogP contribution < -0.4 is 5.73 Å². The first-order valence-corrected chi connectivity index (χ1v) is 3.42. The number of ether oxygens (including phenoxy) is 1. The van der Waals surface area contributed by atoms with E-state index in [4.69, 9.17) is 10.5 Å². The molecule has 0 saturated heterocycles. The van der Waals surface area contributed by atoms with Crippen molar-refractivity contribution < 1.29 is 13.5 Å². The summed E-state index contributed by atoms with van der Waals surface area (Å²) in [7, 11) is 0. The topological polar surface area (TPSA) is 47.6 Å². The van der Waals surface area contributed by atoms with Gasteiger partial charge in [0.1, 0.15) is 0 Å². The van der Waals surface area contributed by atoms with E-state index in [-0.39, 0.29) is 11.9 Å². The summed E-state index contributed by atoms with van der Waals surface area (Å²) in [4.78, 5) is 3.72. The highest BCUT2D eigenvalue weighted by atomic mass is 19.3. The lowest BCUT2D eigenvalue weighted by atomic mass is 10.2. The summed E-state index contributed by atoms with van der Waals surface area (Å²) >= 11 is 0. The predicted molar refractivity (Wildman–Crippen MR) is 34.4 cm³/mol. The molecule has 1 saturated carbocycles. The highest BCUT2D eigenvalue weighted by Crippen LogP contribution is 2.52. The molecule has 1 fully saturated rings. The average molecular weight is 162 g/mol. The summed E-state index contributed by atoms with van der Waals surface area (Å²) in [5.41, 5.74) is 3.90. The number of fused-ring (bicyclic) bond motifs is 1. The molecule has 2 unspecified atom stereocenters. The Hall–Kier alpha value is -0.870. The highest BCUT2D eigenvalue weighted by molar-refractivity contribution is 5.73. The molecular weight excluding hydrogens is 154 g/mol.